The second-order valence-electron chi connectivity index (χ2n) is 5.34. The van der Waals surface area contributed by atoms with Crippen LogP contribution < -0.4 is 5.32 Å². The Bertz CT molecular complexity index is 353. The fourth-order valence-electron chi connectivity index (χ4n) is 2.56. The lowest BCUT2D eigenvalue weighted by Crippen LogP contribution is -2.41. The second kappa shape index (κ2) is 5.17. The zero-order valence-corrected chi connectivity index (χ0v) is 10.7. The summed E-state index contributed by atoms with van der Waals surface area (Å²) in [6.07, 6.45) is 7.26. The third-order valence-electron chi connectivity index (χ3n) is 3.81. The third kappa shape index (κ3) is 3.28. The Morgan fingerprint density at radius 2 is 2.47 bits per heavy atom. The number of nitrogens with zero attached hydrogens (tertiary/aromatic N) is 2. The van der Waals surface area contributed by atoms with Crippen molar-refractivity contribution in [1.82, 2.24) is 15.1 Å². The highest BCUT2D eigenvalue weighted by Crippen LogP contribution is 2.31. The number of halogens is 1. The molecule has 0 radical (unpaired) electrons. The van der Waals surface area contributed by atoms with E-state index >= 15 is 0 Å². The van der Waals surface area contributed by atoms with Crippen LogP contribution in [-0.2, 0) is 13.5 Å². The summed E-state index contributed by atoms with van der Waals surface area (Å²) in [5, 5.41) is 7.40. The molecule has 4 heteroatoms. The Balaban J connectivity index is 1.87. The monoisotopic (exact) mass is 239 g/mol. The first-order valence-corrected chi connectivity index (χ1v) is 6.45. The topological polar surface area (TPSA) is 29.9 Å². The van der Waals surface area contributed by atoms with Crippen molar-refractivity contribution in [3.8, 4) is 0 Å². The molecule has 1 fully saturated rings. The molecule has 1 aromatic rings. The third-order valence-corrected chi connectivity index (χ3v) is 3.81. The van der Waals surface area contributed by atoms with Gasteiger partial charge in [0.1, 0.15) is 5.67 Å². The molecule has 1 aromatic heterocycles. The number of alkyl halides is 1. The van der Waals surface area contributed by atoms with Crippen molar-refractivity contribution < 1.29 is 4.39 Å². The summed E-state index contributed by atoms with van der Waals surface area (Å²) in [5.74, 6) is 0.160. The molecule has 0 aromatic carbocycles. The zero-order chi connectivity index (χ0) is 12.3. The number of rotatable bonds is 4. The highest BCUT2D eigenvalue weighted by Gasteiger charge is 2.34. The molecule has 1 saturated heterocycles. The number of aromatic nitrogens is 2. The molecule has 2 atom stereocenters. The molecule has 3 nitrogen and oxygen atoms in total. The fourth-order valence-corrected chi connectivity index (χ4v) is 2.56. The molecule has 1 aliphatic rings. The van der Waals surface area contributed by atoms with Crippen LogP contribution in [0.4, 0.5) is 4.39 Å². The highest BCUT2D eigenvalue weighted by atomic mass is 19.1. The largest absolute Gasteiger partial charge is 0.316 e. The lowest BCUT2D eigenvalue weighted by molar-refractivity contribution is 0.0740. The van der Waals surface area contributed by atoms with Crippen molar-refractivity contribution in [3.05, 3.63) is 18.0 Å². The van der Waals surface area contributed by atoms with E-state index in [1.54, 1.807) is 11.6 Å². The van der Waals surface area contributed by atoms with E-state index in [0.717, 1.165) is 37.9 Å². The van der Waals surface area contributed by atoms with Crippen LogP contribution in [0, 0.1) is 5.92 Å². The maximum atomic E-state index is 14.6. The van der Waals surface area contributed by atoms with Gasteiger partial charge < -0.3 is 5.32 Å². The van der Waals surface area contributed by atoms with Crippen molar-refractivity contribution in [1.29, 1.82) is 0 Å². The molecular weight excluding hydrogens is 217 g/mol. The van der Waals surface area contributed by atoms with E-state index in [-0.39, 0.29) is 5.92 Å². The molecule has 17 heavy (non-hydrogen) atoms. The molecular formula is C13H22FN3. The van der Waals surface area contributed by atoms with Crippen LogP contribution in [0.1, 0.15) is 31.7 Å². The molecule has 1 aliphatic heterocycles. The van der Waals surface area contributed by atoms with Crippen LogP contribution in [0.2, 0.25) is 0 Å². The van der Waals surface area contributed by atoms with E-state index in [0.29, 0.717) is 6.42 Å². The van der Waals surface area contributed by atoms with Crippen molar-refractivity contribution in [2.45, 2.75) is 38.3 Å². The quantitative estimate of drug-likeness (QED) is 0.872. The van der Waals surface area contributed by atoms with Gasteiger partial charge in [0.25, 0.3) is 0 Å². The number of hydrogen-bond donors (Lipinski definition) is 1. The molecule has 0 aliphatic carbocycles. The maximum absolute atomic E-state index is 14.6. The van der Waals surface area contributed by atoms with Crippen molar-refractivity contribution >= 4 is 0 Å². The highest BCUT2D eigenvalue weighted by molar-refractivity contribution is 5.05. The molecule has 96 valence electrons. The van der Waals surface area contributed by atoms with Gasteiger partial charge in [-0.3, -0.25) is 4.68 Å². The van der Waals surface area contributed by atoms with Gasteiger partial charge in [-0.15, -0.1) is 0 Å². The van der Waals surface area contributed by atoms with Gasteiger partial charge in [0.05, 0.1) is 6.20 Å². The van der Waals surface area contributed by atoms with Crippen LogP contribution in [0.15, 0.2) is 12.4 Å². The molecule has 0 saturated carbocycles. The minimum atomic E-state index is -1.07. The summed E-state index contributed by atoms with van der Waals surface area (Å²) in [6, 6.07) is 0. The van der Waals surface area contributed by atoms with Crippen LogP contribution in [0.5, 0.6) is 0 Å². The molecule has 2 heterocycles. The van der Waals surface area contributed by atoms with E-state index in [9.17, 15) is 4.39 Å². The van der Waals surface area contributed by atoms with Crippen LogP contribution in [-0.4, -0.2) is 28.5 Å². The summed E-state index contributed by atoms with van der Waals surface area (Å²) in [6.45, 7) is 3.61. The van der Waals surface area contributed by atoms with Gasteiger partial charge in [-0.05, 0) is 44.7 Å². The minimum Gasteiger partial charge on any atom is -0.316 e. The van der Waals surface area contributed by atoms with Crippen molar-refractivity contribution in [3.63, 3.8) is 0 Å². The number of hydrogen-bond acceptors (Lipinski definition) is 2. The van der Waals surface area contributed by atoms with Gasteiger partial charge >= 0.3 is 0 Å². The summed E-state index contributed by atoms with van der Waals surface area (Å²) < 4.78 is 16.4. The average molecular weight is 239 g/mol. The first kappa shape index (κ1) is 12.6. The Kier molecular flexibility index (Phi) is 3.82. The van der Waals surface area contributed by atoms with Gasteiger partial charge in [-0.2, -0.15) is 5.10 Å². The van der Waals surface area contributed by atoms with Gasteiger partial charge in [-0.25, -0.2) is 4.39 Å². The van der Waals surface area contributed by atoms with Gasteiger partial charge in [0.15, 0.2) is 0 Å². The van der Waals surface area contributed by atoms with Crippen LogP contribution in [0.25, 0.3) is 0 Å². The predicted molar refractivity (Wildman–Crippen MR) is 66.6 cm³/mol. The minimum absolute atomic E-state index is 0.160. The van der Waals surface area contributed by atoms with Gasteiger partial charge in [0, 0.05) is 25.7 Å². The Hall–Kier alpha value is -0.900. The van der Waals surface area contributed by atoms with Crippen molar-refractivity contribution in [2.24, 2.45) is 13.0 Å². The Morgan fingerprint density at radius 3 is 3.06 bits per heavy atom. The van der Waals surface area contributed by atoms with E-state index in [4.69, 9.17) is 0 Å². The first-order chi connectivity index (χ1) is 8.08. The molecule has 0 bridgehead atoms. The van der Waals surface area contributed by atoms with Crippen molar-refractivity contribution in [2.75, 3.05) is 13.1 Å². The zero-order valence-electron chi connectivity index (χ0n) is 10.7. The number of aryl methyl sites for hydroxylation is 2. The average Bonchev–Trinajstić information content (AvgIpc) is 2.74. The first-order valence-electron chi connectivity index (χ1n) is 6.45. The molecule has 0 amide bonds. The molecule has 0 spiro atoms. The fraction of sp³-hybridized carbons (Fsp3) is 0.769. The van der Waals surface area contributed by atoms with Crippen LogP contribution in [0.3, 0.4) is 0 Å². The van der Waals surface area contributed by atoms with Gasteiger partial charge in [-0.1, -0.05) is 0 Å². The Labute approximate surface area is 102 Å². The second-order valence-corrected chi connectivity index (χ2v) is 5.34. The summed E-state index contributed by atoms with van der Waals surface area (Å²) in [4.78, 5) is 0. The molecule has 1 N–H and O–H groups in total. The smallest absolute Gasteiger partial charge is 0.112 e. The van der Waals surface area contributed by atoms with E-state index in [1.807, 2.05) is 19.4 Å². The molecule has 2 unspecified atom stereocenters. The normalized spacial score (nSPS) is 24.5. The predicted octanol–water partition coefficient (Wildman–Crippen LogP) is 2.08. The number of piperidine rings is 1. The molecule has 2 rings (SSSR count). The maximum Gasteiger partial charge on any atom is 0.112 e. The standard InChI is InChI=1S/C13H22FN3/c1-13(14,12-4-3-7-15-9-12)6-5-11-8-16-17(2)10-11/h8,10,12,15H,3-7,9H2,1-2H3. The van der Waals surface area contributed by atoms with Crippen LogP contribution >= 0.6 is 0 Å². The van der Waals surface area contributed by atoms with Gasteiger partial charge in [0.2, 0.25) is 0 Å². The number of nitrogens with one attached hydrogen (secondary N) is 1. The SMILES string of the molecule is Cn1cc(CCC(C)(F)C2CCCNC2)cn1. The Morgan fingerprint density at radius 1 is 1.65 bits per heavy atom. The lowest BCUT2D eigenvalue weighted by atomic mass is 9.81. The van der Waals surface area contributed by atoms with E-state index in [1.165, 1.54) is 0 Å². The van der Waals surface area contributed by atoms with E-state index < -0.39 is 5.67 Å². The summed E-state index contributed by atoms with van der Waals surface area (Å²) in [7, 11) is 1.89. The summed E-state index contributed by atoms with van der Waals surface area (Å²) in [5.41, 5.74) is 0.0589. The summed E-state index contributed by atoms with van der Waals surface area (Å²) >= 11 is 0. The van der Waals surface area contributed by atoms with E-state index in [2.05, 4.69) is 10.4 Å². The lowest BCUT2D eigenvalue weighted by Gasteiger charge is -2.33.